The predicted octanol–water partition coefficient (Wildman–Crippen LogP) is 3.61. The van der Waals surface area contributed by atoms with Crippen molar-refractivity contribution in [3.63, 3.8) is 0 Å². The molecule has 5 nitrogen and oxygen atoms in total. The Kier molecular flexibility index (Phi) is 5.28. The third-order valence-corrected chi connectivity index (χ3v) is 8.01. The number of Topliss-reactive ketones (excluding diaryl/α,β-unsaturated/α-hetero) is 1. The van der Waals surface area contributed by atoms with Crippen LogP contribution in [0.5, 0.6) is 0 Å². The Bertz CT molecular complexity index is 689. The van der Waals surface area contributed by atoms with Crippen molar-refractivity contribution in [1.82, 2.24) is 5.16 Å². The molecule has 1 fully saturated rings. The molecule has 0 aromatic carbocycles. The average molecular weight is 356 g/mol. The van der Waals surface area contributed by atoms with Crippen molar-refractivity contribution in [3.05, 3.63) is 17.5 Å². The zero-order chi connectivity index (χ0) is 18.2. The van der Waals surface area contributed by atoms with Crippen LogP contribution in [0.3, 0.4) is 0 Å². The van der Waals surface area contributed by atoms with Crippen molar-refractivity contribution in [2.75, 3.05) is 0 Å². The number of aromatic nitrogens is 1. The summed E-state index contributed by atoms with van der Waals surface area (Å²) in [6.07, 6.45) is 4.24. The molecule has 1 saturated carbocycles. The van der Waals surface area contributed by atoms with E-state index < -0.39 is 19.8 Å². The second-order valence-electron chi connectivity index (χ2n) is 8.35. The third-order valence-electron chi connectivity index (χ3n) is 5.01. The first-order valence-electron chi connectivity index (χ1n) is 8.69. The first kappa shape index (κ1) is 19.2. The van der Waals surface area contributed by atoms with Gasteiger partial charge in [0.1, 0.15) is 10.5 Å². The van der Waals surface area contributed by atoms with Crippen molar-refractivity contribution in [2.45, 2.75) is 88.6 Å². The maximum absolute atomic E-state index is 12.9. The zero-order valence-electron chi connectivity index (χ0n) is 15.4. The van der Waals surface area contributed by atoms with E-state index in [0.29, 0.717) is 24.3 Å². The van der Waals surface area contributed by atoms with Gasteiger partial charge in [0.25, 0.3) is 0 Å². The highest BCUT2D eigenvalue weighted by Gasteiger charge is 2.46. The van der Waals surface area contributed by atoms with Gasteiger partial charge in [0, 0.05) is 11.5 Å². The molecule has 136 valence electrons. The van der Waals surface area contributed by atoms with Crippen LogP contribution in [0.2, 0.25) is 0 Å². The highest BCUT2D eigenvalue weighted by Crippen LogP contribution is 2.32. The number of carbonyl (C=O) groups excluding carboxylic acids is 1. The van der Waals surface area contributed by atoms with Gasteiger partial charge < -0.3 is 4.52 Å². The quantitative estimate of drug-likeness (QED) is 0.806. The van der Waals surface area contributed by atoms with Crippen LogP contribution in [-0.2, 0) is 26.5 Å². The van der Waals surface area contributed by atoms with Gasteiger partial charge in [-0.3, -0.25) is 4.79 Å². The van der Waals surface area contributed by atoms with E-state index in [-0.39, 0.29) is 17.6 Å². The summed E-state index contributed by atoms with van der Waals surface area (Å²) in [6, 6.07) is 1.75. The van der Waals surface area contributed by atoms with Gasteiger partial charge >= 0.3 is 0 Å². The van der Waals surface area contributed by atoms with E-state index in [1.165, 1.54) is 13.8 Å². The van der Waals surface area contributed by atoms with E-state index in [9.17, 15) is 13.2 Å². The molecule has 0 atom stereocenters. The fraction of sp³-hybridized carbons (Fsp3) is 0.778. The van der Waals surface area contributed by atoms with Crippen LogP contribution in [-0.4, -0.2) is 29.4 Å². The minimum absolute atomic E-state index is 0.0153. The average Bonchev–Trinajstić information content (AvgIpc) is 2.96. The summed E-state index contributed by atoms with van der Waals surface area (Å²) in [5, 5.41) is 3.54. The maximum atomic E-state index is 12.9. The molecule has 1 aromatic heterocycles. The van der Waals surface area contributed by atoms with Crippen molar-refractivity contribution in [2.24, 2.45) is 0 Å². The van der Waals surface area contributed by atoms with Crippen molar-refractivity contribution in [3.8, 4) is 0 Å². The molecule has 0 saturated heterocycles. The number of hydrogen-bond acceptors (Lipinski definition) is 5. The van der Waals surface area contributed by atoms with Crippen LogP contribution in [0.25, 0.3) is 0 Å². The summed E-state index contributed by atoms with van der Waals surface area (Å²) in [5.74, 6) is 0.375. The van der Waals surface area contributed by atoms with Crippen LogP contribution in [0.15, 0.2) is 10.6 Å². The Labute approximate surface area is 145 Å². The lowest BCUT2D eigenvalue weighted by molar-refractivity contribution is -0.120. The monoisotopic (exact) mass is 355 g/mol. The molecule has 1 aliphatic rings. The van der Waals surface area contributed by atoms with E-state index in [2.05, 4.69) is 5.16 Å². The maximum Gasteiger partial charge on any atom is 0.165 e. The lowest BCUT2D eigenvalue weighted by Crippen LogP contribution is -2.47. The number of hydrogen-bond donors (Lipinski definition) is 0. The molecule has 0 radical (unpaired) electrons. The van der Waals surface area contributed by atoms with Crippen LogP contribution in [0.4, 0.5) is 0 Å². The second-order valence-corrected chi connectivity index (χ2v) is 11.1. The molecular weight excluding hydrogens is 326 g/mol. The normalized spacial score (nSPS) is 17.9. The van der Waals surface area contributed by atoms with Crippen molar-refractivity contribution in [1.29, 1.82) is 0 Å². The summed E-state index contributed by atoms with van der Waals surface area (Å²) in [5.41, 5.74) is 0.301. The standard InChI is InChI=1S/C18H29NO4S/c1-17(2,3)16-12-13(19-23-16)11-15(20)18(4,5)24(21,22)14-9-7-6-8-10-14/h12,14H,6-11H2,1-5H3. The molecule has 1 aliphatic carbocycles. The van der Waals surface area contributed by atoms with Gasteiger partial charge in [0.15, 0.2) is 15.6 Å². The van der Waals surface area contributed by atoms with Gasteiger partial charge in [-0.15, -0.1) is 0 Å². The fourth-order valence-corrected chi connectivity index (χ4v) is 5.25. The van der Waals surface area contributed by atoms with Gasteiger partial charge in [-0.2, -0.15) is 0 Å². The molecule has 0 amide bonds. The highest BCUT2D eigenvalue weighted by molar-refractivity contribution is 7.94. The molecule has 0 unspecified atom stereocenters. The van der Waals surface area contributed by atoms with Crippen LogP contribution in [0.1, 0.15) is 78.2 Å². The minimum atomic E-state index is -3.51. The van der Waals surface area contributed by atoms with Gasteiger partial charge in [0.05, 0.1) is 17.4 Å². The molecule has 0 spiro atoms. The van der Waals surface area contributed by atoms with Gasteiger partial charge in [-0.05, 0) is 26.7 Å². The third kappa shape index (κ3) is 3.73. The number of sulfone groups is 1. The van der Waals surface area contributed by atoms with E-state index in [0.717, 1.165) is 19.3 Å². The molecule has 0 bridgehead atoms. The van der Waals surface area contributed by atoms with E-state index in [4.69, 9.17) is 4.52 Å². The van der Waals surface area contributed by atoms with E-state index >= 15 is 0 Å². The Morgan fingerprint density at radius 3 is 2.25 bits per heavy atom. The largest absolute Gasteiger partial charge is 0.361 e. The van der Waals surface area contributed by atoms with E-state index in [1.54, 1.807) is 6.07 Å². The molecule has 0 N–H and O–H groups in total. The molecule has 0 aliphatic heterocycles. The molecule has 1 aromatic rings. The van der Waals surface area contributed by atoms with Crippen LogP contribution in [0, 0.1) is 0 Å². The molecule has 24 heavy (non-hydrogen) atoms. The number of nitrogens with zero attached hydrogens (tertiary/aromatic N) is 1. The van der Waals surface area contributed by atoms with Crippen molar-refractivity contribution < 1.29 is 17.7 Å². The van der Waals surface area contributed by atoms with Gasteiger partial charge in [-0.25, -0.2) is 8.42 Å². The van der Waals surface area contributed by atoms with Crippen LogP contribution >= 0.6 is 0 Å². The number of carbonyl (C=O) groups is 1. The lowest BCUT2D eigenvalue weighted by atomic mass is 9.92. The van der Waals surface area contributed by atoms with Gasteiger partial charge in [0.2, 0.25) is 0 Å². The Hall–Kier alpha value is -1.17. The SMILES string of the molecule is CC(C)(C)c1cc(CC(=O)C(C)(C)S(=O)(=O)C2CCCCC2)no1. The Morgan fingerprint density at radius 1 is 1.17 bits per heavy atom. The highest BCUT2D eigenvalue weighted by atomic mass is 32.2. The first-order chi connectivity index (χ1) is 11.0. The summed E-state index contributed by atoms with van der Waals surface area (Å²) in [7, 11) is -3.51. The molecule has 1 heterocycles. The zero-order valence-corrected chi connectivity index (χ0v) is 16.2. The molecule has 2 rings (SSSR count). The minimum Gasteiger partial charge on any atom is -0.361 e. The van der Waals surface area contributed by atoms with Crippen LogP contribution < -0.4 is 0 Å². The van der Waals surface area contributed by atoms with Gasteiger partial charge in [-0.1, -0.05) is 45.2 Å². The Morgan fingerprint density at radius 2 is 1.75 bits per heavy atom. The fourth-order valence-electron chi connectivity index (χ4n) is 3.08. The Balaban J connectivity index is 2.16. The molecular formula is C18H29NO4S. The van der Waals surface area contributed by atoms with Crippen molar-refractivity contribution >= 4 is 15.6 Å². The smallest absolute Gasteiger partial charge is 0.165 e. The number of rotatable bonds is 5. The summed E-state index contributed by atoms with van der Waals surface area (Å²) < 4.78 is 29.8. The topological polar surface area (TPSA) is 77.2 Å². The number of ketones is 1. The lowest BCUT2D eigenvalue weighted by Gasteiger charge is -2.31. The first-order valence-corrected chi connectivity index (χ1v) is 10.2. The summed E-state index contributed by atoms with van der Waals surface area (Å²) in [4.78, 5) is 12.7. The predicted molar refractivity (Wildman–Crippen MR) is 93.8 cm³/mol. The second kappa shape index (κ2) is 6.62. The summed E-state index contributed by atoms with van der Waals surface area (Å²) >= 11 is 0. The van der Waals surface area contributed by atoms with E-state index in [1.807, 2.05) is 20.8 Å². The summed E-state index contributed by atoms with van der Waals surface area (Å²) in [6.45, 7) is 9.05. The molecule has 6 heteroatoms.